The average Bonchev–Trinajstić information content (AvgIpc) is 2.38. The molecule has 106 valence electrons. The smallest absolute Gasteiger partial charge is 0.326 e. The number of nitrogens with one attached hydrogen (secondary N) is 1. The molecule has 0 aliphatic rings. The zero-order valence-corrected chi connectivity index (χ0v) is 11.5. The highest BCUT2D eigenvalue weighted by atomic mass is 32.2. The number of carbonyl (C=O) groups is 3. The number of carboxylic acid groups (broad SMARTS) is 1. The summed E-state index contributed by atoms with van der Waals surface area (Å²) in [6, 6.07) is 1.03. The van der Waals surface area contributed by atoms with Crippen molar-refractivity contribution in [3.05, 3.63) is 0 Å². The minimum absolute atomic E-state index is 0.101. The second-order valence-corrected chi connectivity index (χ2v) is 4.85. The Labute approximate surface area is 115 Å². The number of rotatable bonds is 10. The van der Waals surface area contributed by atoms with Gasteiger partial charge >= 0.3 is 5.97 Å². The highest BCUT2D eigenvalue weighted by molar-refractivity contribution is 7.99. The van der Waals surface area contributed by atoms with Gasteiger partial charge in [-0.15, -0.1) is 0 Å². The minimum Gasteiger partial charge on any atom is -0.480 e. The quantitative estimate of drug-likeness (QED) is 0.421. The Hall–Kier alpha value is -1.75. The van der Waals surface area contributed by atoms with Crippen LogP contribution >= 0.6 is 11.8 Å². The number of hydrogen-bond acceptors (Lipinski definition) is 5. The topological polar surface area (TPSA) is 111 Å². The van der Waals surface area contributed by atoms with Gasteiger partial charge in [-0.3, -0.25) is 9.59 Å². The first-order valence-electron chi connectivity index (χ1n) is 5.64. The first kappa shape index (κ1) is 17.2. The molecule has 1 atom stereocenters. The molecular formula is C11H17N3O4S. The van der Waals surface area contributed by atoms with Gasteiger partial charge in [0.05, 0.1) is 18.2 Å². The molecule has 0 aliphatic carbocycles. The molecule has 0 bridgehead atoms. The van der Waals surface area contributed by atoms with E-state index in [-0.39, 0.29) is 24.5 Å². The summed E-state index contributed by atoms with van der Waals surface area (Å²) in [5, 5.41) is 19.3. The third-order valence-corrected chi connectivity index (χ3v) is 3.30. The van der Waals surface area contributed by atoms with Gasteiger partial charge < -0.3 is 15.3 Å². The minimum atomic E-state index is -1.09. The second kappa shape index (κ2) is 10.2. The molecule has 0 aromatic rings. The van der Waals surface area contributed by atoms with E-state index in [1.807, 2.05) is 6.07 Å². The molecule has 0 aromatic carbocycles. The van der Waals surface area contributed by atoms with Gasteiger partial charge in [0.15, 0.2) is 0 Å². The highest BCUT2D eigenvalue weighted by Gasteiger charge is 2.16. The van der Waals surface area contributed by atoms with Crippen LogP contribution in [0.5, 0.6) is 0 Å². The number of nitrogens with zero attached hydrogens (tertiary/aromatic N) is 2. The van der Waals surface area contributed by atoms with Crippen LogP contribution in [-0.2, 0) is 14.4 Å². The van der Waals surface area contributed by atoms with Crippen LogP contribution in [0.25, 0.3) is 0 Å². The lowest BCUT2D eigenvalue weighted by molar-refractivity contribution is -0.140. The van der Waals surface area contributed by atoms with Crippen LogP contribution in [0.3, 0.4) is 0 Å². The van der Waals surface area contributed by atoms with Crippen LogP contribution in [0, 0.1) is 11.3 Å². The summed E-state index contributed by atoms with van der Waals surface area (Å²) in [7, 11) is 1.62. The second-order valence-electron chi connectivity index (χ2n) is 3.74. The van der Waals surface area contributed by atoms with Crippen LogP contribution in [0.15, 0.2) is 0 Å². The summed E-state index contributed by atoms with van der Waals surface area (Å²) in [6.45, 7) is 0.389. The van der Waals surface area contributed by atoms with Crippen molar-refractivity contribution in [3.63, 3.8) is 0 Å². The van der Waals surface area contributed by atoms with E-state index in [1.165, 1.54) is 16.7 Å². The van der Waals surface area contributed by atoms with E-state index in [9.17, 15) is 14.4 Å². The van der Waals surface area contributed by atoms with E-state index in [2.05, 4.69) is 5.32 Å². The van der Waals surface area contributed by atoms with Gasteiger partial charge in [-0.05, 0) is 12.2 Å². The summed E-state index contributed by atoms with van der Waals surface area (Å²) in [5.74, 6) is -0.508. The molecule has 0 saturated carbocycles. The molecular weight excluding hydrogens is 270 g/mol. The highest BCUT2D eigenvalue weighted by Crippen LogP contribution is 2.06. The SMILES string of the molecule is CN(CCC#N)C(=O)CSCCC(NC=O)C(=O)O. The van der Waals surface area contributed by atoms with Crippen LogP contribution in [-0.4, -0.2) is 59.4 Å². The summed E-state index contributed by atoms with van der Waals surface area (Å²) < 4.78 is 0. The number of nitriles is 1. The lowest BCUT2D eigenvalue weighted by Gasteiger charge is -2.15. The monoisotopic (exact) mass is 287 g/mol. The predicted molar refractivity (Wildman–Crippen MR) is 70.4 cm³/mol. The number of thioether (sulfide) groups is 1. The molecule has 0 fully saturated rings. The number of carbonyl (C=O) groups excluding carboxylic acids is 2. The fourth-order valence-electron chi connectivity index (χ4n) is 1.17. The van der Waals surface area contributed by atoms with Crippen molar-refractivity contribution in [2.75, 3.05) is 25.1 Å². The molecule has 0 aromatic heterocycles. The molecule has 0 saturated heterocycles. The molecule has 2 amide bonds. The Morgan fingerprint density at radius 3 is 2.79 bits per heavy atom. The molecule has 0 heterocycles. The van der Waals surface area contributed by atoms with E-state index >= 15 is 0 Å². The van der Waals surface area contributed by atoms with Gasteiger partial charge in [-0.25, -0.2) is 4.79 Å². The Bertz CT molecular complexity index is 356. The number of hydrogen-bond donors (Lipinski definition) is 2. The van der Waals surface area contributed by atoms with Gasteiger partial charge in [-0.2, -0.15) is 17.0 Å². The maximum Gasteiger partial charge on any atom is 0.326 e. The Morgan fingerprint density at radius 1 is 1.58 bits per heavy atom. The van der Waals surface area contributed by atoms with Crippen LogP contribution in [0.2, 0.25) is 0 Å². The lowest BCUT2D eigenvalue weighted by Crippen LogP contribution is -2.36. The zero-order chi connectivity index (χ0) is 14.7. The predicted octanol–water partition coefficient (Wildman–Crippen LogP) is -0.319. The summed E-state index contributed by atoms with van der Waals surface area (Å²) in [5.41, 5.74) is 0. The van der Waals surface area contributed by atoms with E-state index in [1.54, 1.807) is 7.05 Å². The van der Waals surface area contributed by atoms with Crippen molar-refractivity contribution in [1.29, 1.82) is 5.26 Å². The van der Waals surface area contributed by atoms with Crippen molar-refractivity contribution in [1.82, 2.24) is 10.2 Å². The number of aliphatic carboxylic acids is 1. The van der Waals surface area contributed by atoms with Gasteiger partial charge in [0.1, 0.15) is 6.04 Å². The molecule has 7 nitrogen and oxygen atoms in total. The fraction of sp³-hybridized carbons (Fsp3) is 0.636. The molecule has 0 rings (SSSR count). The first-order chi connectivity index (χ1) is 9.02. The van der Waals surface area contributed by atoms with E-state index in [0.29, 0.717) is 18.7 Å². The fourth-order valence-corrected chi connectivity index (χ4v) is 2.12. The summed E-state index contributed by atoms with van der Waals surface area (Å²) in [4.78, 5) is 33.9. The van der Waals surface area contributed by atoms with Crippen molar-refractivity contribution in [2.24, 2.45) is 0 Å². The van der Waals surface area contributed by atoms with Crippen LogP contribution in [0.4, 0.5) is 0 Å². The standard InChI is InChI=1S/C11H17N3O4S/c1-14(5-2-4-12)10(16)7-19-6-3-9(11(17)18)13-8-15/h8-9H,2-3,5-7H2,1H3,(H,13,15)(H,17,18). The molecule has 8 heteroatoms. The molecule has 19 heavy (non-hydrogen) atoms. The maximum atomic E-state index is 11.6. The largest absolute Gasteiger partial charge is 0.480 e. The van der Waals surface area contributed by atoms with Crippen molar-refractivity contribution in [3.8, 4) is 6.07 Å². The van der Waals surface area contributed by atoms with Gasteiger partial charge in [0, 0.05) is 13.6 Å². The van der Waals surface area contributed by atoms with E-state index < -0.39 is 12.0 Å². The van der Waals surface area contributed by atoms with Gasteiger partial charge in [0.25, 0.3) is 0 Å². The van der Waals surface area contributed by atoms with Gasteiger partial charge in [0.2, 0.25) is 12.3 Å². The number of carboxylic acids is 1. The Balaban J connectivity index is 3.84. The molecule has 0 aliphatic heterocycles. The normalized spacial score (nSPS) is 11.2. The Kier molecular flexibility index (Phi) is 9.26. The molecule has 1 unspecified atom stereocenters. The third kappa shape index (κ3) is 8.05. The van der Waals surface area contributed by atoms with Crippen molar-refractivity contribution < 1.29 is 19.5 Å². The van der Waals surface area contributed by atoms with Crippen LogP contribution < -0.4 is 5.32 Å². The third-order valence-electron chi connectivity index (χ3n) is 2.33. The first-order valence-corrected chi connectivity index (χ1v) is 6.79. The molecule has 0 radical (unpaired) electrons. The maximum absolute atomic E-state index is 11.6. The van der Waals surface area contributed by atoms with Crippen LogP contribution in [0.1, 0.15) is 12.8 Å². The number of amides is 2. The van der Waals surface area contributed by atoms with E-state index in [0.717, 1.165) is 0 Å². The van der Waals surface area contributed by atoms with Crippen molar-refractivity contribution in [2.45, 2.75) is 18.9 Å². The Morgan fingerprint density at radius 2 is 2.26 bits per heavy atom. The van der Waals surface area contributed by atoms with Crippen molar-refractivity contribution >= 4 is 30.0 Å². The molecule has 0 spiro atoms. The van der Waals surface area contributed by atoms with E-state index in [4.69, 9.17) is 10.4 Å². The molecule has 2 N–H and O–H groups in total. The summed E-state index contributed by atoms with van der Waals surface area (Å²) in [6.07, 6.45) is 0.898. The average molecular weight is 287 g/mol. The zero-order valence-electron chi connectivity index (χ0n) is 10.7. The lowest BCUT2D eigenvalue weighted by atomic mass is 10.2. The van der Waals surface area contributed by atoms with Gasteiger partial charge in [-0.1, -0.05) is 0 Å². The summed E-state index contributed by atoms with van der Waals surface area (Å²) >= 11 is 1.30.